The average Bonchev–Trinajstić information content (AvgIpc) is 1.88. The minimum atomic E-state index is 0.0894. The lowest BCUT2D eigenvalue weighted by Gasteiger charge is -2.01. The van der Waals surface area contributed by atoms with Crippen LogP contribution in [0.3, 0.4) is 0 Å². The maximum Gasteiger partial charge on any atom is 0.0684 e. The molecule has 0 fully saturated rings. The molecule has 10 heavy (non-hydrogen) atoms. The second-order valence-electron chi connectivity index (χ2n) is 2.34. The largest absolute Gasteiger partial charge is 0.399 e. The number of anilines is 1. The van der Waals surface area contributed by atoms with E-state index in [0.717, 1.165) is 16.8 Å². The molecule has 0 radical (unpaired) electrons. The van der Waals surface area contributed by atoms with Crippen molar-refractivity contribution in [1.82, 2.24) is 0 Å². The number of hydrogen-bond donors (Lipinski definition) is 2. The van der Waals surface area contributed by atoms with Crippen molar-refractivity contribution < 1.29 is 5.11 Å². The molecule has 0 aliphatic rings. The second-order valence-corrected chi connectivity index (χ2v) is 2.34. The van der Waals surface area contributed by atoms with Crippen LogP contribution in [0.4, 0.5) is 5.69 Å². The van der Waals surface area contributed by atoms with Gasteiger partial charge in [-0.2, -0.15) is 0 Å². The van der Waals surface area contributed by atoms with Gasteiger partial charge in [0.1, 0.15) is 0 Å². The maximum atomic E-state index is 8.77. The van der Waals surface area contributed by atoms with Crippen molar-refractivity contribution in [2.45, 2.75) is 13.5 Å². The summed E-state index contributed by atoms with van der Waals surface area (Å²) in [5.41, 5.74) is 8.23. The Morgan fingerprint density at radius 2 is 2.20 bits per heavy atom. The number of aliphatic hydroxyl groups excluding tert-OH is 1. The third-order valence-electron chi connectivity index (χ3n) is 1.54. The number of rotatable bonds is 1. The van der Waals surface area contributed by atoms with E-state index in [0.29, 0.717) is 0 Å². The van der Waals surface area contributed by atoms with Crippen molar-refractivity contribution in [1.29, 1.82) is 0 Å². The molecule has 2 nitrogen and oxygen atoms in total. The van der Waals surface area contributed by atoms with Gasteiger partial charge in [0.05, 0.1) is 6.61 Å². The molecule has 0 aliphatic carbocycles. The van der Waals surface area contributed by atoms with E-state index in [4.69, 9.17) is 10.8 Å². The molecule has 0 amide bonds. The fraction of sp³-hybridized carbons (Fsp3) is 0.250. The molecular formula is C8H11NO. The van der Waals surface area contributed by atoms with E-state index >= 15 is 0 Å². The predicted molar refractivity (Wildman–Crippen MR) is 41.5 cm³/mol. The van der Waals surface area contributed by atoms with Crippen molar-refractivity contribution in [3.8, 4) is 0 Å². The Morgan fingerprint density at radius 1 is 1.50 bits per heavy atom. The minimum absolute atomic E-state index is 0.0894. The molecule has 0 heterocycles. The summed E-state index contributed by atoms with van der Waals surface area (Å²) in [4.78, 5) is 0. The highest BCUT2D eigenvalue weighted by atomic mass is 16.3. The first-order chi connectivity index (χ1) is 4.74. The third kappa shape index (κ3) is 1.28. The SMILES string of the molecule is Cc1cc(N)ccc1CO. The molecule has 0 unspecified atom stereocenters. The van der Waals surface area contributed by atoms with Gasteiger partial charge in [-0.25, -0.2) is 0 Å². The second kappa shape index (κ2) is 2.71. The molecule has 0 aliphatic heterocycles. The third-order valence-corrected chi connectivity index (χ3v) is 1.54. The lowest BCUT2D eigenvalue weighted by atomic mass is 10.1. The lowest BCUT2D eigenvalue weighted by molar-refractivity contribution is 0.281. The quantitative estimate of drug-likeness (QED) is 0.569. The maximum absolute atomic E-state index is 8.77. The molecule has 0 spiro atoms. The van der Waals surface area contributed by atoms with Crippen LogP contribution in [0.2, 0.25) is 0 Å². The Hall–Kier alpha value is -1.02. The number of aryl methyl sites for hydroxylation is 1. The topological polar surface area (TPSA) is 46.2 Å². The Balaban J connectivity index is 3.07. The Labute approximate surface area is 60.3 Å². The summed E-state index contributed by atoms with van der Waals surface area (Å²) < 4.78 is 0. The van der Waals surface area contributed by atoms with Crippen LogP contribution < -0.4 is 5.73 Å². The van der Waals surface area contributed by atoms with Gasteiger partial charge < -0.3 is 10.8 Å². The van der Waals surface area contributed by atoms with E-state index in [2.05, 4.69) is 0 Å². The van der Waals surface area contributed by atoms with E-state index in [1.54, 1.807) is 6.07 Å². The van der Waals surface area contributed by atoms with E-state index in [1.807, 2.05) is 19.1 Å². The number of aliphatic hydroxyl groups is 1. The van der Waals surface area contributed by atoms with Crippen molar-refractivity contribution in [3.05, 3.63) is 29.3 Å². The van der Waals surface area contributed by atoms with Gasteiger partial charge >= 0.3 is 0 Å². The first-order valence-corrected chi connectivity index (χ1v) is 3.20. The van der Waals surface area contributed by atoms with Crippen LogP contribution in [0, 0.1) is 6.92 Å². The molecule has 54 valence electrons. The van der Waals surface area contributed by atoms with Crippen LogP contribution in [0.15, 0.2) is 18.2 Å². The summed E-state index contributed by atoms with van der Waals surface area (Å²) in [7, 11) is 0. The highest BCUT2D eigenvalue weighted by Gasteiger charge is 1.94. The average molecular weight is 137 g/mol. The summed E-state index contributed by atoms with van der Waals surface area (Å²) in [6.07, 6.45) is 0. The summed E-state index contributed by atoms with van der Waals surface area (Å²) >= 11 is 0. The van der Waals surface area contributed by atoms with Gasteiger partial charge in [-0.15, -0.1) is 0 Å². The van der Waals surface area contributed by atoms with Crippen LogP contribution in [0.25, 0.3) is 0 Å². The summed E-state index contributed by atoms with van der Waals surface area (Å²) in [6.45, 7) is 2.02. The molecular weight excluding hydrogens is 126 g/mol. The van der Waals surface area contributed by atoms with Crippen molar-refractivity contribution >= 4 is 5.69 Å². The summed E-state index contributed by atoms with van der Waals surface area (Å²) in [5, 5.41) is 8.77. The Bertz CT molecular complexity index is 233. The Kier molecular flexibility index (Phi) is 1.92. The van der Waals surface area contributed by atoms with Gasteiger partial charge in [-0.1, -0.05) is 6.07 Å². The summed E-state index contributed by atoms with van der Waals surface area (Å²) in [6, 6.07) is 5.48. The van der Waals surface area contributed by atoms with E-state index in [-0.39, 0.29) is 6.61 Å². The highest BCUT2D eigenvalue weighted by molar-refractivity contribution is 5.43. The molecule has 3 N–H and O–H groups in total. The van der Waals surface area contributed by atoms with Gasteiger partial charge in [0.15, 0.2) is 0 Å². The van der Waals surface area contributed by atoms with E-state index in [9.17, 15) is 0 Å². The molecule has 0 bridgehead atoms. The highest BCUT2D eigenvalue weighted by Crippen LogP contribution is 2.11. The van der Waals surface area contributed by atoms with Gasteiger partial charge in [-0.3, -0.25) is 0 Å². The first kappa shape index (κ1) is 7.09. The van der Waals surface area contributed by atoms with Gasteiger partial charge in [-0.05, 0) is 30.2 Å². The number of nitrogens with two attached hydrogens (primary N) is 1. The molecule has 0 atom stereocenters. The minimum Gasteiger partial charge on any atom is -0.399 e. The molecule has 1 aromatic carbocycles. The zero-order chi connectivity index (χ0) is 7.56. The van der Waals surface area contributed by atoms with Gasteiger partial charge in [0, 0.05) is 5.69 Å². The van der Waals surface area contributed by atoms with Crippen molar-refractivity contribution in [2.75, 3.05) is 5.73 Å². The van der Waals surface area contributed by atoms with Crippen molar-refractivity contribution in [3.63, 3.8) is 0 Å². The molecule has 1 rings (SSSR count). The fourth-order valence-corrected chi connectivity index (χ4v) is 0.896. The molecule has 1 aromatic rings. The molecule has 2 heteroatoms. The van der Waals surface area contributed by atoms with Crippen LogP contribution in [-0.4, -0.2) is 5.11 Å². The zero-order valence-electron chi connectivity index (χ0n) is 5.96. The van der Waals surface area contributed by atoms with Crippen LogP contribution in [-0.2, 0) is 6.61 Å². The van der Waals surface area contributed by atoms with E-state index in [1.165, 1.54) is 0 Å². The monoisotopic (exact) mass is 137 g/mol. The van der Waals surface area contributed by atoms with Crippen LogP contribution in [0.5, 0.6) is 0 Å². The van der Waals surface area contributed by atoms with Gasteiger partial charge in [0.2, 0.25) is 0 Å². The normalized spacial score (nSPS) is 9.80. The standard InChI is InChI=1S/C8H11NO/c1-6-4-8(9)3-2-7(6)5-10/h2-4,10H,5,9H2,1H3. The smallest absolute Gasteiger partial charge is 0.0684 e. The predicted octanol–water partition coefficient (Wildman–Crippen LogP) is 1.07. The van der Waals surface area contributed by atoms with Crippen LogP contribution in [0.1, 0.15) is 11.1 Å². The first-order valence-electron chi connectivity index (χ1n) is 3.20. The number of hydrogen-bond acceptors (Lipinski definition) is 2. The van der Waals surface area contributed by atoms with Gasteiger partial charge in [0.25, 0.3) is 0 Å². The zero-order valence-corrected chi connectivity index (χ0v) is 5.96. The van der Waals surface area contributed by atoms with Crippen molar-refractivity contribution in [2.24, 2.45) is 0 Å². The number of nitrogen functional groups attached to an aromatic ring is 1. The molecule has 0 aromatic heterocycles. The molecule has 0 saturated heterocycles. The lowest BCUT2D eigenvalue weighted by Crippen LogP contribution is -1.91. The Morgan fingerprint density at radius 3 is 2.70 bits per heavy atom. The summed E-state index contributed by atoms with van der Waals surface area (Å²) in [5.74, 6) is 0. The van der Waals surface area contributed by atoms with Crippen LogP contribution >= 0.6 is 0 Å². The van der Waals surface area contributed by atoms with E-state index < -0.39 is 0 Å². The molecule has 0 saturated carbocycles. The number of benzene rings is 1. The fourth-order valence-electron chi connectivity index (χ4n) is 0.896.